The first kappa shape index (κ1) is 12.7. The van der Waals surface area contributed by atoms with Crippen LogP contribution in [0.4, 0.5) is 0 Å². The second kappa shape index (κ2) is 4.48. The molecule has 0 aromatic heterocycles. The third-order valence-corrected chi connectivity index (χ3v) is 7.53. The van der Waals surface area contributed by atoms with E-state index in [0.717, 1.165) is 11.8 Å². The van der Waals surface area contributed by atoms with Crippen LogP contribution in [-0.4, -0.2) is 11.7 Å². The summed E-state index contributed by atoms with van der Waals surface area (Å²) >= 11 is 0. The van der Waals surface area contributed by atoms with Gasteiger partial charge in [0.05, 0.1) is 0 Å². The lowest BCUT2D eigenvalue weighted by Gasteiger charge is -2.40. The minimum absolute atomic E-state index is 0.473. The Balaban J connectivity index is 1.58. The second-order valence-electron chi connectivity index (χ2n) is 8.13. The fraction of sp³-hybridized carbons (Fsp3) is 1.00. The zero-order valence-corrected chi connectivity index (χ0v) is 12.4. The predicted octanol–water partition coefficient (Wildman–Crippen LogP) is 4.54. The standard InChI is InChI=1S/C18H30O/c19-12-16-11-17(16)13-18(17,14-7-3-1-4-8-14)15-9-5-2-6-10-15/h14-16,19H,1-13H2/t16-,17-/m1/s1. The molecular weight excluding hydrogens is 232 g/mol. The number of aliphatic hydroxyl groups excluding tert-OH is 1. The number of hydrogen-bond donors (Lipinski definition) is 1. The minimum atomic E-state index is 0.473. The summed E-state index contributed by atoms with van der Waals surface area (Å²) in [6.45, 7) is 0.473. The van der Waals surface area contributed by atoms with Gasteiger partial charge in [0.1, 0.15) is 0 Å². The van der Waals surface area contributed by atoms with Crippen molar-refractivity contribution in [3.63, 3.8) is 0 Å². The summed E-state index contributed by atoms with van der Waals surface area (Å²) in [5.41, 5.74) is 1.35. The quantitative estimate of drug-likeness (QED) is 0.792. The van der Waals surface area contributed by atoms with Crippen LogP contribution in [-0.2, 0) is 0 Å². The van der Waals surface area contributed by atoms with Crippen molar-refractivity contribution in [1.29, 1.82) is 0 Å². The molecule has 4 aliphatic rings. The Kier molecular flexibility index (Phi) is 2.99. The van der Waals surface area contributed by atoms with Crippen LogP contribution < -0.4 is 0 Å². The highest BCUT2D eigenvalue weighted by atomic mass is 16.3. The van der Waals surface area contributed by atoms with Crippen molar-refractivity contribution in [1.82, 2.24) is 0 Å². The van der Waals surface area contributed by atoms with Crippen molar-refractivity contribution in [3.8, 4) is 0 Å². The van der Waals surface area contributed by atoms with Gasteiger partial charge in [-0.05, 0) is 67.1 Å². The molecule has 1 heteroatoms. The first-order valence-corrected chi connectivity index (χ1v) is 8.94. The largest absolute Gasteiger partial charge is 0.396 e. The lowest BCUT2D eigenvalue weighted by atomic mass is 9.65. The molecule has 0 amide bonds. The highest BCUT2D eigenvalue weighted by Crippen LogP contribution is 2.88. The average Bonchev–Trinajstić information content (AvgIpc) is 3.38. The van der Waals surface area contributed by atoms with E-state index in [-0.39, 0.29) is 0 Å². The third kappa shape index (κ3) is 1.69. The summed E-state index contributed by atoms with van der Waals surface area (Å²) in [7, 11) is 0. The molecule has 4 rings (SSSR count). The van der Waals surface area contributed by atoms with Gasteiger partial charge in [0.25, 0.3) is 0 Å². The highest BCUT2D eigenvalue weighted by Gasteiger charge is 2.81. The van der Waals surface area contributed by atoms with Crippen LogP contribution in [0.2, 0.25) is 0 Å². The monoisotopic (exact) mass is 262 g/mol. The van der Waals surface area contributed by atoms with Crippen LogP contribution >= 0.6 is 0 Å². The molecule has 2 atom stereocenters. The van der Waals surface area contributed by atoms with Crippen molar-refractivity contribution in [2.24, 2.45) is 28.6 Å². The molecule has 0 heterocycles. The Labute approximate surface area is 118 Å². The fourth-order valence-corrected chi connectivity index (χ4v) is 6.55. The molecule has 108 valence electrons. The van der Waals surface area contributed by atoms with Crippen molar-refractivity contribution >= 4 is 0 Å². The summed E-state index contributed by atoms with van der Waals surface area (Å²) in [5.74, 6) is 2.75. The molecule has 0 bridgehead atoms. The maximum atomic E-state index is 9.61. The van der Waals surface area contributed by atoms with E-state index in [1.165, 1.54) is 77.0 Å². The smallest absolute Gasteiger partial charge is 0.0465 e. The maximum absolute atomic E-state index is 9.61. The van der Waals surface area contributed by atoms with Gasteiger partial charge in [-0.1, -0.05) is 38.5 Å². The predicted molar refractivity (Wildman–Crippen MR) is 77.8 cm³/mol. The Morgan fingerprint density at radius 3 is 1.74 bits per heavy atom. The molecule has 0 aromatic carbocycles. The van der Waals surface area contributed by atoms with Gasteiger partial charge in [-0.3, -0.25) is 0 Å². The van der Waals surface area contributed by atoms with Crippen molar-refractivity contribution in [3.05, 3.63) is 0 Å². The van der Waals surface area contributed by atoms with E-state index < -0.39 is 0 Å². The molecule has 0 radical (unpaired) electrons. The van der Waals surface area contributed by atoms with Gasteiger partial charge in [0, 0.05) is 6.61 Å². The SMILES string of the molecule is OC[C@H]1C[C@@]12CC2(C1CCCCC1)C1CCCCC1. The lowest BCUT2D eigenvalue weighted by molar-refractivity contribution is 0.0934. The first-order valence-electron chi connectivity index (χ1n) is 8.94. The number of aliphatic hydroxyl groups is 1. The Morgan fingerprint density at radius 2 is 1.32 bits per heavy atom. The Hall–Kier alpha value is -0.0400. The van der Waals surface area contributed by atoms with Crippen molar-refractivity contribution in [2.45, 2.75) is 77.0 Å². The number of rotatable bonds is 3. The molecule has 1 nitrogen and oxygen atoms in total. The summed E-state index contributed by atoms with van der Waals surface area (Å²) in [5, 5.41) is 9.61. The van der Waals surface area contributed by atoms with Gasteiger partial charge < -0.3 is 5.11 Å². The molecule has 0 saturated heterocycles. The van der Waals surface area contributed by atoms with E-state index in [1.54, 1.807) is 0 Å². The highest BCUT2D eigenvalue weighted by molar-refractivity contribution is 5.29. The number of hydrogen-bond acceptors (Lipinski definition) is 1. The van der Waals surface area contributed by atoms with Crippen molar-refractivity contribution < 1.29 is 5.11 Å². The Morgan fingerprint density at radius 1 is 0.789 bits per heavy atom. The van der Waals surface area contributed by atoms with E-state index in [0.29, 0.717) is 23.4 Å². The van der Waals surface area contributed by atoms with Gasteiger partial charge in [0.2, 0.25) is 0 Å². The van der Waals surface area contributed by atoms with Gasteiger partial charge in [-0.15, -0.1) is 0 Å². The third-order valence-electron chi connectivity index (χ3n) is 7.53. The van der Waals surface area contributed by atoms with E-state index in [9.17, 15) is 5.11 Å². The van der Waals surface area contributed by atoms with E-state index in [1.807, 2.05) is 0 Å². The van der Waals surface area contributed by atoms with Gasteiger partial charge >= 0.3 is 0 Å². The van der Waals surface area contributed by atoms with E-state index in [4.69, 9.17) is 0 Å². The molecule has 0 aromatic rings. The first-order chi connectivity index (χ1) is 9.33. The van der Waals surface area contributed by atoms with Gasteiger partial charge in [-0.2, -0.15) is 0 Å². The molecule has 19 heavy (non-hydrogen) atoms. The van der Waals surface area contributed by atoms with Crippen molar-refractivity contribution in [2.75, 3.05) is 6.61 Å². The molecule has 1 spiro atoms. The van der Waals surface area contributed by atoms with Gasteiger partial charge in [0.15, 0.2) is 0 Å². The fourth-order valence-electron chi connectivity index (χ4n) is 6.55. The topological polar surface area (TPSA) is 20.2 Å². The van der Waals surface area contributed by atoms with Gasteiger partial charge in [-0.25, -0.2) is 0 Å². The average molecular weight is 262 g/mol. The molecule has 1 N–H and O–H groups in total. The van der Waals surface area contributed by atoms with Crippen LogP contribution in [0.3, 0.4) is 0 Å². The van der Waals surface area contributed by atoms with Crippen LogP contribution in [0.25, 0.3) is 0 Å². The summed E-state index contributed by atoms with van der Waals surface area (Å²) in [6, 6.07) is 0. The Bertz CT molecular complexity index is 320. The minimum Gasteiger partial charge on any atom is -0.396 e. The normalized spacial score (nSPS) is 42.5. The van der Waals surface area contributed by atoms with Crippen LogP contribution in [0.5, 0.6) is 0 Å². The summed E-state index contributed by atoms with van der Waals surface area (Å²) < 4.78 is 0. The molecule has 4 fully saturated rings. The van der Waals surface area contributed by atoms with Crippen LogP contribution in [0.15, 0.2) is 0 Å². The summed E-state index contributed by atoms with van der Waals surface area (Å²) in [4.78, 5) is 0. The molecule has 4 saturated carbocycles. The lowest BCUT2D eigenvalue weighted by Crippen LogP contribution is -2.31. The molecule has 0 aliphatic heterocycles. The second-order valence-corrected chi connectivity index (χ2v) is 8.13. The molecule has 4 aliphatic carbocycles. The zero-order valence-electron chi connectivity index (χ0n) is 12.4. The summed E-state index contributed by atoms with van der Waals surface area (Å²) in [6.07, 6.45) is 17.8. The maximum Gasteiger partial charge on any atom is 0.0465 e. The molecular formula is C18H30O. The van der Waals surface area contributed by atoms with E-state index in [2.05, 4.69) is 0 Å². The van der Waals surface area contributed by atoms with E-state index >= 15 is 0 Å². The zero-order chi connectivity index (χ0) is 12.9. The molecule has 0 unspecified atom stereocenters. The van der Waals surface area contributed by atoms with Crippen LogP contribution in [0.1, 0.15) is 77.0 Å². The van der Waals surface area contributed by atoms with Crippen LogP contribution in [0, 0.1) is 28.6 Å².